The lowest BCUT2D eigenvalue weighted by atomic mass is 10.0. The molecule has 6 rings (SSSR count). The molecule has 2 aliphatic rings. The first-order valence-electron chi connectivity index (χ1n) is 17.6. The molecule has 3 aromatic heterocycles. The lowest BCUT2D eigenvalue weighted by Crippen LogP contribution is -2.54. The van der Waals surface area contributed by atoms with Gasteiger partial charge < -0.3 is 28.3 Å². The Morgan fingerprint density at radius 1 is 0.981 bits per heavy atom. The molecule has 1 amide bonds. The summed E-state index contributed by atoms with van der Waals surface area (Å²) in [6.45, 7) is 15.0. The molecule has 4 heterocycles. The zero-order valence-corrected chi connectivity index (χ0v) is 32.1. The van der Waals surface area contributed by atoms with Crippen molar-refractivity contribution in [3.8, 4) is 16.5 Å². The fraction of sp³-hybridized carbons (Fsp3) is 0.553. The van der Waals surface area contributed by atoms with E-state index in [1.54, 1.807) is 38.8 Å². The summed E-state index contributed by atoms with van der Waals surface area (Å²) in [5.74, 6) is 0.641. The van der Waals surface area contributed by atoms with Crippen LogP contribution in [-0.4, -0.2) is 68.6 Å². The van der Waals surface area contributed by atoms with Crippen LogP contribution in [0.2, 0.25) is 0 Å². The van der Waals surface area contributed by atoms with Gasteiger partial charge >= 0.3 is 17.8 Å². The van der Waals surface area contributed by atoms with Crippen molar-refractivity contribution < 1.29 is 33.0 Å². The maximum Gasteiger partial charge on any atom is 0.410 e. The average Bonchev–Trinajstić information content (AvgIpc) is 3.85. The van der Waals surface area contributed by atoms with Crippen LogP contribution >= 0.6 is 11.3 Å². The third kappa shape index (κ3) is 7.54. The number of esters is 1. The number of carbonyl (C=O) groups is 2. The lowest BCUT2D eigenvalue weighted by molar-refractivity contribution is -0.164. The highest BCUT2D eigenvalue weighted by molar-refractivity contribution is 7.21. The van der Waals surface area contributed by atoms with Gasteiger partial charge in [0.15, 0.2) is 0 Å². The van der Waals surface area contributed by atoms with Gasteiger partial charge in [-0.05, 0) is 92.2 Å². The van der Waals surface area contributed by atoms with E-state index < -0.39 is 40.1 Å². The molecule has 0 spiro atoms. The second-order valence-electron chi connectivity index (χ2n) is 16.1. The minimum atomic E-state index is -1.66. The van der Waals surface area contributed by atoms with Crippen LogP contribution in [0.25, 0.3) is 21.0 Å². The molecular formula is C38H48N4O9S. The Morgan fingerprint density at radius 3 is 2.23 bits per heavy atom. The van der Waals surface area contributed by atoms with E-state index in [9.17, 15) is 19.2 Å². The topological polar surface area (TPSA) is 144 Å². The van der Waals surface area contributed by atoms with Crippen molar-refractivity contribution >= 4 is 33.6 Å². The quantitative estimate of drug-likeness (QED) is 0.178. The average molecular weight is 737 g/mol. The van der Waals surface area contributed by atoms with Crippen LogP contribution in [0.3, 0.4) is 0 Å². The van der Waals surface area contributed by atoms with Gasteiger partial charge in [0.05, 0.1) is 36.2 Å². The number of amides is 1. The molecule has 52 heavy (non-hydrogen) atoms. The van der Waals surface area contributed by atoms with Crippen LogP contribution in [0, 0.1) is 11.8 Å². The molecule has 0 bridgehead atoms. The maximum atomic E-state index is 14.7. The summed E-state index contributed by atoms with van der Waals surface area (Å²) < 4.78 is 32.0. The van der Waals surface area contributed by atoms with Crippen molar-refractivity contribution in [2.45, 2.75) is 104 Å². The summed E-state index contributed by atoms with van der Waals surface area (Å²) >= 11 is 1.20. The molecule has 14 heteroatoms. The van der Waals surface area contributed by atoms with Crippen LogP contribution in [0.5, 0.6) is 5.75 Å². The molecule has 3 unspecified atom stereocenters. The van der Waals surface area contributed by atoms with E-state index in [-0.39, 0.29) is 36.0 Å². The molecule has 0 radical (unpaired) electrons. The molecule has 280 valence electrons. The predicted octanol–water partition coefficient (Wildman–Crippen LogP) is 6.37. The van der Waals surface area contributed by atoms with Crippen LogP contribution in [0.1, 0.15) is 79.9 Å². The van der Waals surface area contributed by atoms with Gasteiger partial charge in [-0.25, -0.2) is 23.9 Å². The van der Waals surface area contributed by atoms with E-state index in [1.165, 1.54) is 42.2 Å². The van der Waals surface area contributed by atoms with E-state index >= 15 is 0 Å². The van der Waals surface area contributed by atoms with Crippen LogP contribution in [0.4, 0.5) is 4.79 Å². The summed E-state index contributed by atoms with van der Waals surface area (Å²) in [4.78, 5) is 62.3. The second-order valence-corrected chi connectivity index (χ2v) is 17.2. The Kier molecular flexibility index (Phi) is 9.94. The van der Waals surface area contributed by atoms with E-state index in [0.717, 1.165) is 23.0 Å². The Hall–Kier alpha value is -4.43. The number of carbonyl (C=O) groups excluding carboxylic acids is 2. The number of methoxy groups -OCH3 is 1. The largest absolute Gasteiger partial charge is 0.496 e. The molecule has 4 aromatic rings. The van der Waals surface area contributed by atoms with Gasteiger partial charge in [-0.15, -0.1) is 11.3 Å². The Labute approximate surface area is 306 Å². The van der Waals surface area contributed by atoms with Gasteiger partial charge in [0.25, 0.3) is 5.56 Å². The number of ether oxygens (including phenoxy) is 4. The monoisotopic (exact) mass is 736 g/mol. The number of para-hydroxylation sites is 1. The fourth-order valence-corrected chi connectivity index (χ4v) is 8.22. The minimum Gasteiger partial charge on any atom is -0.496 e. The van der Waals surface area contributed by atoms with Crippen molar-refractivity contribution in [3.05, 3.63) is 69.2 Å². The number of rotatable bonds is 9. The third-order valence-corrected chi connectivity index (χ3v) is 10.6. The summed E-state index contributed by atoms with van der Waals surface area (Å²) in [5, 5.41) is 0.228. The molecule has 1 saturated carbocycles. The normalized spacial score (nSPS) is 19.9. The molecule has 13 nitrogen and oxygen atoms in total. The highest BCUT2D eigenvalue weighted by Gasteiger charge is 2.45. The summed E-state index contributed by atoms with van der Waals surface area (Å²) in [6.07, 6.45) is 3.21. The maximum absolute atomic E-state index is 14.7. The number of nitrogens with zero attached hydrogens (tertiary/aromatic N) is 4. The van der Waals surface area contributed by atoms with Crippen LogP contribution in [-0.2, 0) is 31.1 Å². The van der Waals surface area contributed by atoms with Crippen molar-refractivity contribution in [1.82, 2.24) is 19.0 Å². The first-order valence-corrected chi connectivity index (χ1v) is 18.4. The number of aromatic nitrogens is 3. The van der Waals surface area contributed by atoms with Gasteiger partial charge in [-0.3, -0.25) is 9.36 Å². The second kappa shape index (κ2) is 13.8. The van der Waals surface area contributed by atoms with E-state index in [0.29, 0.717) is 34.4 Å². The fourth-order valence-electron chi connectivity index (χ4n) is 7.13. The van der Waals surface area contributed by atoms with Crippen molar-refractivity contribution in [3.63, 3.8) is 0 Å². The molecule has 0 N–H and O–H groups in total. The zero-order valence-electron chi connectivity index (χ0n) is 31.3. The first kappa shape index (κ1) is 37.3. The lowest BCUT2D eigenvalue weighted by Gasteiger charge is -2.30. The van der Waals surface area contributed by atoms with E-state index in [4.69, 9.17) is 23.4 Å². The van der Waals surface area contributed by atoms with Gasteiger partial charge in [0.1, 0.15) is 39.7 Å². The molecule has 1 saturated heterocycles. The van der Waals surface area contributed by atoms with Gasteiger partial charge in [-0.1, -0.05) is 18.2 Å². The number of likely N-dealkylation sites (tertiary alicyclic amines) is 1. The summed E-state index contributed by atoms with van der Waals surface area (Å²) in [5.41, 5.74) is -3.68. The zero-order chi connectivity index (χ0) is 37.7. The highest BCUT2D eigenvalue weighted by atomic mass is 32.1. The molecule has 1 aromatic carbocycles. The van der Waals surface area contributed by atoms with E-state index in [1.807, 2.05) is 45.0 Å². The Balaban J connectivity index is 1.40. The third-order valence-electron chi connectivity index (χ3n) is 9.46. The number of benzene rings is 1. The van der Waals surface area contributed by atoms with Crippen molar-refractivity contribution in [2.75, 3.05) is 20.2 Å². The SMILES string of the molecule is COc1ccccc1C(Cn1c(=O)n(C(C)(C)C(=O)OC(C)(C)C)c(=O)c2cc(-c3ncco3)sc21)OC1CC2CN(C(=O)OC(C)(C)C)CC2C1. The van der Waals surface area contributed by atoms with Crippen molar-refractivity contribution in [1.29, 1.82) is 0 Å². The molecule has 1 aliphatic heterocycles. The number of hydrogen-bond donors (Lipinski definition) is 0. The van der Waals surface area contributed by atoms with Crippen LogP contribution < -0.4 is 16.0 Å². The molecular weight excluding hydrogens is 689 g/mol. The summed E-state index contributed by atoms with van der Waals surface area (Å²) in [7, 11) is 1.58. The van der Waals surface area contributed by atoms with Crippen molar-refractivity contribution in [2.24, 2.45) is 11.8 Å². The Morgan fingerprint density at radius 2 is 1.63 bits per heavy atom. The number of fused-ring (bicyclic) bond motifs is 2. The van der Waals surface area contributed by atoms with Gasteiger partial charge in [0, 0.05) is 18.7 Å². The van der Waals surface area contributed by atoms with E-state index in [2.05, 4.69) is 4.98 Å². The molecule has 3 atom stereocenters. The number of oxazole rings is 1. The smallest absolute Gasteiger partial charge is 0.410 e. The molecule has 2 fully saturated rings. The Bertz CT molecular complexity index is 2050. The highest BCUT2D eigenvalue weighted by Crippen LogP contribution is 2.43. The first-order chi connectivity index (χ1) is 24.4. The van der Waals surface area contributed by atoms with Crippen LogP contribution in [0.15, 0.2) is 56.8 Å². The predicted molar refractivity (Wildman–Crippen MR) is 196 cm³/mol. The summed E-state index contributed by atoms with van der Waals surface area (Å²) in [6, 6.07) is 9.12. The number of thiophene rings is 1. The molecule has 1 aliphatic carbocycles. The van der Waals surface area contributed by atoms with Gasteiger partial charge in [-0.2, -0.15) is 0 Å². The standard InChI is InChI=1S/C38H48N4O9S/c1-36(2,3)50-33(44)38(7,8)42-31(43)26-18-29(30-39-14-15-48-30)52-32(26)41(34(42)45)21-28(25-12-10-11-13-27(25)47-9)49-24-16-22-19-40(20-23(22)17-24)35(46)51-37(4,5)6/h10-15,18,22-24,28H,16-17,19-21H2,1-9H3. The van der Waals surface area contributed by atoms with Gasteiger partial charge in [0.2, 0.25) is 5.89 Å². The number of hydrogen-bond acceptors (Lipinski definition) is 11. The minimum absolute atomic E-state index is 0.00177.